The Labute approximate surface area is 109 Å². The molecule has 0 atom stereocenters. The lowest BCUT2D eigenvalue weighted by atomic mass is 10.1. The second-order valence-corrected chi connectivity index (χ2v) is 4.50. The predicted molar refractivity (Wildman–Crippen MR) is 71.4 cm³/mol. The number of hydrogen-bond acceptors (Lipinski definition) is 2. The predicted octanol–water partition coefficient (Wildman–Crippen LogP) is 3.29. The molecule has 3 aromatic rings. The second kappa shape index (κ2) is 4.31. The van der Waals surface area contributed by atoms with Gasteiger partial charge in [0, 0.05) is 11.6 Å². The number of furan rings is 1. The van der Waals surface area contributed by atoms with Crippen molar-refractivity contribution in [3.05, 3.63) is 59.7 Å². The molecular weight excluding hydrogens is 242 g/mol. The van der Waals surface area contributed by atoms with Gasteiger partial charge >= 0.3 is 5.97 Å². The molecule has 0 saturated heterocycles. The molecule has 0 aliphatic heterocycles. The number of carboxylic acids is 1. The number of carboxylic acid groups (broad SMARTS) is 1. The zero-order chi connectivity index (χ0) is 13.4. The van der Waals surface area contributed by atoms with Crippen LogP contribution in [0, 0.1) is 6.92 Å². The van der Waals surface area contributed by atoms with Crippen LogP contribution in [0.15, 0.2) is 47.0 Å². The van der Waals surface area contributed by atoms with Gasteiger partial charge in [0.25, 0.3) is 0 Å². The van der Waals surface area contributed by atoms with Gasteiger partial charge in [-0.3, -0.25) is 0 Å². The van der Waals surface area contributed by atoms with Crippen molar-refractivity contribution in [2.45, 2.75) is 13.5 Å². The molecule has 0 bridgehead atoms. The van der Waals surface area contributed by atoms with Crippen molar-refractivity contribution in [3.63, 3.8) is 0 Å². The van der Waals surface area contributed by atoms with E-state index in [2.05, 4.69) is 0 Å². The molecule has 4 nitrogen and oxygen atoms in total. The first-order valence-electron chi connectivity index (χ1n) is 6.01. The van der Waals surface area contributed by atoms with E-state index < -0.39 is 5.97 Å². The van der Waals surface area contributed by atoms with Crippen LogP contribution in [0.4, 0.5) is 0 Å². The fourth-order valence-electron chi connectivity index (χ4n) is 2.30. The normalized spacial score (nSPS) is 11.0. The number of para-hydroxylation sites is 1. The van der Waals surface area contributed by atoms with Gasteiger partial charge in [-0.2, -0.15) is 0 Å². The van der Waals surface area contributed by atoms with Crippen LogP contribution in [0.25, 0.3) is 10.9 Å². The lowest BCUT2D eigenvalue weighted by Gasteiger charge is -2.06. The Morgan fingerprint density at radius 3 is 2.79 bits per heavy atom. The zero-order valence-corrected chi connectivity index (χ0v) is 10.5. The highest BCUT2D eigenvalue weighted by Gasteiger charge is 2.12. The second-order valence-electron chi connectivity index (χ2n) is 4.50. The number of fused-ring (bicyclic) bond motifs is 1. The molecule has 0 radical (unpaired) electrons. The minimum absolute atomic E-state index is 0.311. The fourth-order valence-corrected chi connectivity index (χ4v) is 2.30. The van der Waals surface area contributed by atoms with Gasteiger partial charge < -0.3 is 14.1 Å². The van der Waals surface area contributed by atoms with Crippen molar-refractivity contribution in [1.82, 2.24) is 4.57 Å². The Balaban J connectivity index is 2.11. The van der Waals surface area contributed by atoms with Crippen molar-refractivity contribution in [2.75, 3.05) is 0 Å². The lowest BCUT2D eigenvalue weighted by molar-refractivity contribution is 0.0698. The Hall–Kier alpha value is -2.49. The largest absolute Gasteiger partial charge is 0.478 e. The van der Waals surface area contributed by atoms with E-state index in [1.54, 1.807) is 12.1 Å². The van der Waals surface area contributed by atoms with Crippen molar-refractivity contribution >= 4 is 16.9 Å². The molecule has 0 unspecified atom stereocenters. The molecule has 2 aromatic heterocycles. The maximum atomic E-state index is 11.3. The quantitative estimate of drug-likeness (QED) is 0.781. The molecule has 0 amide bonds. The van der Waals surface area contributed by atoms with E-state index in [1.165, 1.54) is 0 Å². The average molecular weight is 255 g/mol. The van der Waals surface area contributed by atoms with Crippen LogP contribution < -0.4 is 0 Å². The van der Waals surface area contributed by atoms with Crippen molar-refractivity contribution < 1.29 is 14.3 Å². The molecule has 4 heteroatoms. The van der Waals surface area contributed by atoms with Gasteiger partial charge in [0.05, 0.1) is 17.6 Å². The van der Waals surface area contributed by atoms with Gasteiger partial charge in [0.2, 0.25) is 0 Å². The number of rotatable bonds is 3. The highest BCUT2D eigenvalue weighted by molar-refractivity contribution is 6.02. The topological polar surface area (TPSA) is 55.4 Å². The number of aryl methyl sites for hydroxylation is 1. The summed E-state index contributed by atoms with van der Waals surface area (Å²) in [6.45, 7) is 2.42. The third-order valence-corrected chi connectivity index (χ3v) is 3.14. The van der Waals surface area contributed by atoms with Gasteiger partial charge in [-0.05, 0) is 31.2 Å². The molecule has 0 aliphatic rings. The van der Waals surface area contributed by atoms with E-state index in [0.29, 0.717) is 12.1 Å². The summed E-state index contributed by atoms with van der Waals surface area (Å²) in [6, 6.07) is 11.0. The number of aromatic nitrogens is 1. The van der Waals surface area contributed by atoms with Gasteiger partial charge in [-0.15, -0.1) is 0 Å². The standard InChI is InChI=1S/C15H13NO3/c1-10-5-6-12(19-10)9-16-8-7-11-3-2-4-13(14(11)16)15(17)18/h2-8H,9H2,1H3,(H,17,18). The summed E-state index contributed by atoms with van der Waals surface area (Å²) in [5, 5.41) is 10.2. The number of aromatic carboxylic acids is 1. The number of nitrogens with zero attached hydrogens (tertiary/aromatic N) is 1. The molecule has 96 valence electrons. The number of hydrogen-bond donors (Lipinski definition) is 1. The van der Waals surface area contributed by atoms with E-state index in [9.17, 15) is 9.90 Å². The molecule has 0 fully saturated rings. The first-order valence-corrected chi connectivity index (χ1v) is 6.01. The molecule has 1 N–H and O–H groups in total. The Morgan fingerprint density at radius 1 is 1.26 bits per heavy atom. The van der Waals surface area contributed by atoms with E-state index >= 15 is 0 Å². The third-order valence-electron chi connectivity index (χ3n) is 3.14. The SMILES string of the molecule is Cc1ccc(Cn2ccc3cccc(C(=O)O)c32)o1. The molecule has 19 heavy (non-hydrogen) atoms. The summed E-state index contributed by atoms with van der Waals surface area (Å²) < 4.78 is 7.44. The van der Waals surface area contributed by atoms with Gasteiger partial charge in [0.15, 0.2) is 0 Å². The zero-order valence-electron chi connectivity index (χ0n) is 10.5. The molecule has 0 aliphatic carbocycles. The molecule has 0 spiro atoms. The number of carbonyl (C=O) groups is 1. The molecular formula is C15H13NO3. The fraction of sp³-hybridized carbons (Fsp3) is 0.133. The summed E-state index contributed by atoms with van der Waals surface area (Å²) in [7, 11) is 0. The molecule has 1 aromatic carbocycles. The monoisotopic (exact) mass is 255 g/mol. The van der Waals surface area contributed by atoms with Crippen LogP contribution in [0.2, 0.25) is 0 Å². The minimum atomic E-state index is -0.916. The average Bonchev–Trinajstić information content (AvgIpc) is 2.97. The summed E-state index contributed by atoms with van der Waals surface area (Å²) >= 11 is 0. The Bertz CT molecular complexity index is 752. The first kappa shape index (κ1) is 11.6. The first-order chi connectivity index (χ1) is 9.15. The van der Waals surface area contributed by atoms with Crippen LogP contribution in [0.3, 0.4) is 0 Å². The molecule has 0 saturated carbocycles. The van der Waals surface area contributed by atoms with Crippen LogP contribution in [0.1, 0.15) is 21.9 Å². The van der Waals surface area contributed by atoms with Gasteiger partial charge in [-0.25, -0.2) is 4.79 Å². The summed E-state index contributed by atoms with van der Waals surface area (Å²) in [5.41, 5.74) is 1.04. The van der Waals surface area contributed by atoms with E-state index in [0.717, 1.165) is 22.4 Å². The third kappa shape index (κ3) is 2.01. The maximum absolute atomic E-state index is 11.3. The van der Waals surface area contributed by atoms with Crippen molar-refractivity contribution in [3.8, 4) is 0 Å². The molecule has 2 heterocycles. The maximum Gasteiger partial charge on any atom is 0.337 e. The smallest absolute Gasteiger partial charge is 0.337 e. The van der Waals surface area contributed by atoms with E-state index in [1.807, 2.05) is 42.0 Å². The lowest BCUT2D eigenvalue weighted by Crippen LogP contribution is -2.03. The number of benzene rings is 1. The van der Waals surface area contributed by atoms with Crippen LogP contribution >= 0.6 is 0 Å². The van der Waals surface area contributed by atoms with Crippen LogP contribution in [-0.2, 0) is 6.54 Å². The van der Waals surface area contributed by atoms with Gasteiger partial charge in [0.1, 0.15) is 11.5 Å². The van der Waals surface area contributed by atoms with Crippen molar-refractivity contribution in [2.24, 2.45) is 0 Å². The van der Waals surface area contributed by atoms with E-state index in [-0.39, 0.29) is 0 Å². The summed E-state index contributed by atoms with van der Waals surface area (Å²) in [4.78, 5) is 11.3. The van der Waals surface area contributed by atoms with Crippen LogP contribution in [0.5, 0.6) is 0 Å². The highest BCUT2D eigenvalue weighted by Crippen LogP contribution is 2.22. The highest BCUT2D eigenvalue weighted by atomic mass is 16.4. The summed E-state index contributed by atoms with van der Waals surface area (Å²) in [5.74, 6) is 0.751. The van der Waals surface area contributed by atoms with Crippen molar-refractivity contribution in [1.29, 1.82) is 0 Å². The summed E-state index contributed by atoms with van der Waals surface area (Å²) in [6.07, 6.45) is 1.88. The van der Waals surface area contributed by atoms with Gasteiger partial charge in [-0.1, -0.05) is 12.1 Å². The van der Waals surface area contributed by atoms with Crippen LogP contribution in [-0.4, -0.2) is 15.6 Å². The Morgan fingerprint density at radius 2 is 2.11 bits per heavy atom. The van der Waals surface area contributed by atoms with E-state index in [4.69, 9.17) is 4.42 Å². The Kier molecular flexibility index (Phi) is 2.63. The minimum Gasteiger partial charge on any atom is -0.478 e. The molecule has 3 rings (SSSR count).